The van der Waals surface area contributed by atoms with Crippen molar-refractivity contribution in [3.63, 3.8) is 0 Å². The molecule has 0 radical (unpaired) electrons. The number of rotatable bonds is 4. The van der Waals surface area contributed by atoms with Crippen molar-refractivity contribution in [3.8, 4) is 39.5 Å². The number of aromatic nitrogens is 3. The topological polar surface area (TPSA) is 30.7 Å². The van der Waals surface area contributed by atoms with Crippen molar-refractivity contribution < 1.29 is 0 Å². The van der Waals surface area contributed by atoms with Crippen LogP contribution >= 0.6 is 0 Å². The zero-order chi connectivity index (χ0) is 32.3. The van der Waals surface area contributed by atoms with E-state index in [-0.39, 0.29) is 0 Å². The molecule has 0 N–H and O–H groups in total. The predicted molar refractivity (Wildman–Crippen MR) is 205 cm³/mol. The van der Waals surface area contributed by atoms with Gasteiger partial charge in [0.25, 0.3) is 0 Å². The zero-order valence-corrected chi connectivity index (χ0v) is 26.6. The summed E-state index contributed by atoms with van der Waals surface area (Å²) in [7, 11) is 0. The zero-order valence-electron chi connectivity index (χ0n) is 26.6. The van der Waals surface area contributed by atoms with Gasteiger partial charge < -0.3 is 0 Å². The van der Waals surface area contributed by atoms with Crippen LogP contribution in [0, 0.1) is 0 Å². The summed E-state index contributed by atoms with van der Waals surface area (Å²) in [4.78, 5) is 10.7. The van der Waals surface area contributed by atoms with Crippen LogP contribution in [0.5, 0.6) is 0 Å². The maximum Gasteiger partial charge on any atom is 0.235 e. The molecule has 8 aromatic carbocycles. The van der Waals surface area contributed by atoms with Gasteiger partial charge in [-0.15, -0.1) is 0 Å². The van der Waals surface area contributed by atoms with Crippen LogP contribution in [0.25, 0.3) is 93.7 Å². The molecule has 0 aliphatic heterocycles. The largest absolute Gasteiger partial charge is 0.278 e. The SMILES string of the molecule is c1ccc(-c2ccc(-c3ccc4c(-c5ccc6ccccc6c5)nc(-n5c6ccccc6c6cc7ccccc7cc65)nc4c3)cc2)cc1. The average Bonchev–Trinajstić information content (AvgIpc) is 3.49. The molecule has 0 fully saturated rings. The lowest BCUT2D eigenvalue weighted by molar-refractivity contribution is 1.01. The molecule has 0 unspecified atom stereocenters. The Kier molecular flexibility index (Phi) is 6.18. The van der Waals surface area contributed by atoms with E-state index in [1.165, 1.54) is 43.4 Å². The van der Waals surface area contributed by atoms with Gasteiger partial charge in [0.05, 0.1) is 22.2 Å². The van der Waals surface area contributed by atoms with Gasteiger partial charge in [-0.1, -0.05) is 140 Å². The van der Waals surface area contributed by atoms with Crippen molar-refractivity contribution >= 4 is 54.3 Å². The third-order valence-electron chi connectivity index (χ3n) is 9.77. The maximum atomic E-state index is 5.40. The van der Waals surface area contributed by atoms with Crippen LogP contribution < -0.4 is 0 Å². The number of para-hydroxylation sites is 1. The van der Waals surface area contributed by atoms with Crippen LogP contribution in [0.4, 0.5) is 0 Å². The van der Waals surface area contributed by atoms with Crippen LogP contribution in [-0.2, 0) is 0 Å². The minimum Gasteiger partial charge on any atom is -0.278 e. The summed E-state index contributed by atoms with van der Waals surface area (Å²) in [6.45, 7) is 0. The molecular formula is C46H29N3. The maximum absolute atomic E-state index is 5.40. The number of nitrogens with zero attached hydrogens (tertiary/aromatic N) is 3. The Hall–Kier alpha value is -6.58. The molecule has 3 heteroatoms. The number of fused-ring (bicyclic) bond motifs is 6. The molecule has 228 valence electrons. The fourth-order valence-electron chi connectivity index (χ4n) is 7.31. The van der Waals surface area contributed by atoms with Crippen molar-refractivity contribution in [1.82, 2.24) is 14.5 Å². The Morgan fingerprint density at radius 3 is 1.71 bits per heavy atom. The number of hydrogen-bond donors (Lipinski definition) is 0. The highest BCUT2D eigenvalue weighted by Crippen LogP contribution is 2.37. The third-order valence-corrected chi connectivity index (χ3v) is 9.77. The Labute approximate surface area is 283 Å². The molecule has 10 aromatic rings. The number of hydrogen-bond acceptors (Lipinski definition) is 2. The summed E-state index contributed by atoms with van der Waals surface area (Å²) in [5.74, 6) is 0.661. The van der Waals surface area contributed by atoms with Gasteiger partial charge in [0.1, 0.15) is 0 Å². The molecule has 0 spiro atoms. The molecule has 49 heavy (non-hydrogen) atoms. The van der Waals surface area contributed by atoms with E-state index in [4.69, 9.17) is 9.97 Å². The summed E-state index contributed by atoms with van der Waals surface area (Å²) >= 11 is 0. The van der Waals surface area contributed by atoms with Gasteiger partial charge in [-0.25, -0.2) is 9.97 Å². The van der Waals surface area contributed by atoms with E-state index in [1.807, 2.05) is 0 Å². The van der Waals surface area contributed by atoms with Crippen LogP contribution in [0.2, 0.25) is 0 Å². The summed E-state index contributed by atoms with van der Waals surface area (Å²) in [6.07, 6.45) is 0. The van der Waals surface area contributed by atoms with Gasteiger partial charge in [0, 0.05) is 21.7 Å². The Morgan fingerprint density at radius 2 is 0.918 bits per heavy atom. The van der Waals surface area contributed by atoms with Gasteiger partial charge in [-0.2, -0.15) is 0 Å². The second-order valence-corrected chi connectivity index (χ2v) is 12.7. The number of benzene rings is 8. The predicted octanol–water partition coefficient (Wildman–Crippen LogP) is 12.0. The third kappa shape index (κ3) is 4.59. The molecule has 0 atom stereocenters. The highest BCUT2D eigenvalue weighted by atomic mass is 15.2. The van der Waals surface area contributed by atoms with E-state index in [0.29, 0.717) is 5.95 Å². The first-order valence-corrected chi connectivity index (χ1v) is 16.7. The van der Waals surface area contributed by atoms with Crippen molar-refractivity contribution in [3.05, 3.63) is 176 Å². The first-order chi connectivity index (χ1) is 24.3. The Balaban J connectivity index is 1.22. The van der Waals surface area contributed by atoms with E-state index >= 15 is 0 Å². The van der Waals surface area contributed by atoms with E-state index in [1.54, 1.807) is 0 Å². The molecule has 2 aromatic heterocycles. The first-order valence-electron chi connectivity index (χ1n) is 16.7. The minimum atomic E-state index is 0.661. The standard InChI is InChI=1S/C46H29N3/c1-2-10-30(11-3-1)32-18-20-33(21-19-32)37-24-25-40-42(28-37)47-46(48-45(40)38-23-22-31-12-4-5-13-34(31)26-38)49-43-17-9-8-16-39(43)41-27-35-14-6-7-15-36(35)29-44(41)49/h1-29H. The lowest BCUT2D eigenvalue weighted by atomic mass is 9.98. The highest BCUT2D eigenvalue weighted by Gasteiger charge is 2.18. The molecule has 2 heterocycles. The molecule has 0 saturated carbocycles. The Bertz CT molecular complexity index is 2870. The smallest absolute Gasteiger partial charge is 0.235 e. The van der Waals surface area contributed by atoms with Gasteiger partial charge in [0.15, 0.2) is 0 Å². The highest BCUT2D eigenvalue weighted by molar-refractivity contribution is 6.13. The van der Waals surface area contributed by atoms with Crippen molar-refractivity contribution in [1.29, 1.82) is 0 Å². The van der Waals surface area contributed by atoms with E-state index in [0.717, 1.165) is 44.3 Å². The molecule has 0 saturated heterocycles. The lowest BCUT2D eigenvalue weighted by Crippen LogP contribution is -2.03. The van der Waals surface area contributed by atoms with Crippen LogP contribution in [-0.4, -0.2) is 14.5 Å². The average molecular weight is 624 g/mol. The van der Waals surface area contributed by atoms with Crippen molar-refractivity contribution in [2.45, 2.75) is 0 Å². The molecule has 3 nitrogen and oxygen atoms in total. The lowest BCUT2D eigenvalue weighted by Gasteiger charge is -2.14. The first kappa shape index (κ1) is 27.5. The summed E-state index contributed by atoms with van der Waals surface area (Å²) in [6, 6.07) is 62.7. The van der Waals surface area contributed by atoms with E-state index in [2.05, 4.69) is 180 Å². The summed E-state index contributed by atoms with van der Waals surface area (Å²) < 4.78 is 2.24. The van der Waals surface area contributed by atoms with Crippen LogP contribution in [0.1, 0.15) is 0 Å². The fourth-order valence-corrected chi connectivity index (χ4v) is 7.31. The molecule has 0 aliphatic rings. The van der Waals surface area contributed by atoms with Gasteiger partial charge in [-0.05, 0) is 80.2 Å². The quantitative estimate of drug-likeness (QED) is 0.195. The van der Waals surface area contributed by atoms with Crippen LogP contribution in [0.3, 0.4) is 0 Å². The summed E-state index contributed by atoms with van der Waals surface area (Å²) in [5, 5.41) is 8.21. The molecule has 0 amide bonds. The molecule has 0 aliphatic carbocycles. The second-order valence-electron chi connectivity index (χ2n) is 12.7. The van der Waals surface area contributed by atoms with E-state index < -0.39 is 0 Å². The van der Waals surface area contributed by atoms with Crippen molar-refractivity contribution in [2.75, 3.05) is 0 Å². The molecule has 0 bridgehead atoms. The molecule has 10 rings (SSSR count). The molecular weight excluding hydrogens is 595 g/mol. The van der Waals surface area contributed by atoms with Gasteiger partial charge >= 0.3 is 0 Å². The normalized spacial score (nSPS) is 11.7. The van der Waals surface area contributed by atoms with Crippen LogP contribution in [0.15, 0.2) is 176 Å². The van der Waals surface area contributed by atoms with E-state index in [9.17, 15) is 0 Å². The summed E-state index contributed by atoms with van der Waals surface area (Å²) in [5.41, 5.74) is 9.76. The second kappa shape index (κ2) is 11.0. The fraction of sp³-hybridized carbons (Fsp3) is 0. The monoisotopic (exact) mass is 623 g/mol. The van der Waals surface area contributed by atoms with Gasteiger partial charge in [-0.3, -0.25) is 4.57 Å². The minimum absolute atomic E-state index is 0.661. The Morgan fingerprint density at radius 1 is 0.327 bits per heavy atom. The van der Waals surface area contributed by atoms with Crippen molar-refractivity contribution in [2.24, 2.45) is 0 Å². The van der Waals surface area contributed by atoms with Gasteiger partial charge in [0.2, 0.25) is 5.95 Å².